The number of benzene rings is 2. The highest BCUT2D eigenvalue weighted by molar-refractivity contribution is 5.67. The molecule has 0 fully saturated rings. The summed E-state index contributed by atoms with van der Waals surface area (Å²) in [6.07, 6.45) is -0.112. The summed E-state index contributed by atoms with van der Waals surface area (Å²) in [6, 6.07) is 13.9. The summed E-state index contributed by atoms with van der Waals surface area (Å²) in [4.78, 5) is 11.8. The van der Waals surface area contributed by atoms with E-state index in [1.165, 1.54) is 0 Å². The van der Waals surface area contributed by atoms with Crippen molar-refractivity contribution in [3.8, 4) is 5.75 Å². The molecule has 3 N–H and O–H groups in total. The number of phenolic OH excluding ortho intramolecular Hbond substituents is 1. The molecule has 5 nitrogen and oxygen atoms in total. The average molecular weight is 315 g/mol. The molecule has 0 heterocycles. The summed E-state index contributed by atoms with van der Waals surface area (Å²) in [5.74, 6) is 0.180. The van der Waals surface area contributed by atoms with E-state index in [-0.39, 0.29) is 19.0 Å². The number of aliphatic hydroxyl groups excluding tert-OH is 1. The number of rotatable bonds is 6. The third kappa shape index (κ3) is 5.64. The molecule has 0 bridgehead atoms. The van der Waals surface area contributed by atoms with Gasteiger partial charge in [0.1, 0.15) is 12.4 Å². The second-order valence-corrected chi connectivity index (χ2v) is 5.46. The maximum Gasteiger partial charge on any atom is 0.407 e. The molecule has 2 aromatic rings. The highest BCUT2D eigenvalue weighted by Crippen LogP contribution is 2.11. The maximum atomic E-state index is 11.8. The van der Waals surface area contributed by atoms with Gasteiger partial charge in [0, 0.05) is 0 Å². The van der Waals surface area contributed by atoms with Gasteiger partial charge >= 0.3 is 6.09 Å². The first-order chi connectivity index (χ1) is 11.1. The number of nitrogens with one attached hydrogen (secondary N) is 1. The second-order valence-electron chi connectivity index (χ2n) is 5.46. The van der Waals surface area contributed by atoms with Crippen molar-refractivity contribution < 1.29 is 19.7 Å². The van der Waals surface area contributed by atoms with Crippen LogP contribution in [0.15, 0.2) is 48.5 Å². The van der Waals surface area contributed by atoms with Gasteiger partial charge in [0.2, 0.25) is 0 Å². The molecule has 1 unspecified atom stereocenters. The number of aliphatic hydroxyl groups is 1. The lowest BCUT2D eigenvalue weighted by atomic mass is 10.1. The van der Waals surface area contributed by atoms with Crippen molar-refractivity contribution in [1.29, 1.82) is 0 Å². The summed E-state index contributed by atoms with van der Waals surface area (Å²) in [5.41, 5.74) is 2.96. The van der Waals surface area contributed by atoms with Crippen LogP contribution in [0.5, 0.6) is 5.75 Å². The minimum absolute atomic E-state index is 0.180. The van der Waals surface area contributed by atoms with Crippen molar-refractivity contribution in [2.24, 2.45) is 0 Å². The summed E-state index contributed by atoms with van der Waals surface area (Å²) in [7, 11) is 0. The van der Waals surface area contributed by atoms with E-state index >= 15 is 0 Å². The van der Waals surface area contributed by atoms with Crippen LogP contribution in [0.2, 0.25) is 0 Å². The first-order valence-electron chi connectivity index (χ1n) is 7.44. The first-order valence-corrected chi connectivity index (χ1v) is 7.44. The second kappa shape index (κ2) is 8.19. The van der Waals surface area contributed by atoms with E-state index in [1.807, 2.05) is 31.2 Å². The molecular formula is C18H21NO4. The number of aromatic hydroxyl groups is 1. The predicted octanol–water partition coefficient (Wildman–Crippen LogP) is 2.53. The molecule has 0 aliphatic carbocycles. The van der Waals surface area contributed by atoms with Gasteiger partial charge < -0.3 is 20.3 Å². The molecule has 5 heteroatoms. The highest BCUT2D eigenvalue weighted by atomic mass is 16.5. The number of carbonyl (C=O) groups excluding carboxylic acids is 1. The van der Waals surface area contributed by atoms with E-state index in [0.29, 0.717) is 6.42 Å². The van der Waals surface area contributed by atoms with Gasteiger partial charge in [0.15, 0.2) is 0 Å². The van der Waals surface area contributed by atoms with Crippen LogP contribution in [0.1, 0.15) is 16.7 Å². The van der Waals surface area contributed by atoms with E-state index in [2.05, 4.69) is 5.32 Å². The van der Waals surface area contributed by atoms with E-state index in [0.717, 1.165) is 16.7 Å². The Labute approximate surface area is 135 Å². The van der Waals surface area contributed by atoms with Gasteiger partial charge in [0.05, 0.1) is 12.6 Å². The van der Waals surface area contributed by atoms with Crippen LogP contribution >= 0.6 is 0 Å². The smallest absolute Gasteiger partial charge is 0.407 e. The SMILES string of the molecule is Cc1ccc(COC(=O)NC(CO)Cc2ccc(O)cc2)cc1. The molecule has 1 amide bonds. The lowest BCUT2D eigenvalue weighted by Crippen LogP contribution is -2.39. The zero-order valence-corrected chi connectivity index (χ0v) is 13.0. The standard InChI is InChI=1S/C18H21NO4/c1-13-2-4-15(5-3-13)12-23-18(22)19-16(11-20)10-14-6-8-17(21)9-7-14/h2-9,16,20-21H,10-12H2,1H3,(H,19,22). The highest BCUT2D eigenvalue weighted by Gasteiger charge is 2.13. The third-order valence-electron chi connectivity index (χ3n) is 3.45. The molecule has 0 aliphatic heterocycles. The first kappa shape index (κ1) is 16.8. The molecule has 0 saturated carbocycles. The monoisotopic (exact) mass is 315 g/mol. The average Bonchev–Trinajstić information content (AvgIpc) is 2.55. The van der Waals surface area contributed by atoms with Crippen LogP contribution in [0.3, 0.4) is 0 Å². The van der Waals surface area contributed by atoms with Gasteiger partial charge in [-0.2, -0.15) is 0 Å². The topological polar surface area (TPSA) is 78.8 Å². The fourth-order valence-electron chi connectivity index (χ4n) is 2.12. The van der Waals surface area contributed by atoms with Gasteiger partial charge in [-0.1, -0.05) is 42.0 Å². The van der Waals surface area contributed by atoms with Gasteiger partial charge in [-0.15, -0.1) is 0 Å². The van der Waals surface area contributed by atoms with E-state index in [4.69, 9.17) is 4.74 Å². The van der Waals surface area contributed by atoms with E-state index in [1.54, 1.807) is 24.3 Å². The van der Waals surface area contributed by atoms with Gasteiger partial charge in [-0.25, -0.2) is 4.79 Å². The Bertz CT molecular complexity index is 622. The number of phenols is 1. The Morgan fingerprint density at radius 3 is 2.30 bits per heavy atom. The minimum Gasteiger partial charge on any atom is -0.508 e. The fraction of sp³-hybridized carbons (Fsp3) is 0.278. The molecule has 0 saturated heterocycles. The molecule has 122 valence electrons. The Kier molecular flexibility index (Phi) is 6.00. The molecule has 0 radical (unpaired) electrons. The third-order valence-corrected chi connectivity index (χ3v) is 3.45. The summed E-state index contributed by atoms with van der Waals surface area (Å²) in [6.45, 7) is 1.98. The van der Waals surface area contributed by atoms with Crippen LogP contribution in [-0.2, 0) is 17.8 Å². The largest absolute Gasteiger partial charge is 0.508 e. The molecular weight excluding hydrogens is 294 g/mol. The van der Waals surface area contributed by atoms with Crippen molar-refractivity contribution >= 4 is 6.09 Å². The minimum atomic E-state index is -0.566. The number of ether oxygens (including phenoxy) is 1. The molecule has 1 atom stereocenters. The molecule has 2 rings (SSSR count). The number of hydrogen-bond donors (Lipinski definition) is 3. The van der Waals surface area contributed by atoms with Crippen molar-refractivity contribution in [3.63, 3.8) is 0 Å². The number of aryl methyl sites for hydroxylation is 1. The Morgan fingerprint density at radius 2 is 1.70 bits per heavy atom. The van der Waals surface area contributed by atoms with Crippen molar-refractivity contribution in [1.82, 2.24) is 5.32 Å². The van der Waals surface area contributed by atoms with Crippen molar-refractivity contribution in [2.75, 3.05) is 6.61 Å². The van der Waals surface area contributed by atoms with E-state index < -0.39 is 12.1 Å². The number of alkyl carbamates (subject to hydrolysis) is 1. The summed E-state index contributed by atoms with van der Waals surface area (Å²) < 4.78 is 5.16. The molecule has 0 spiro atoms. The normalized spacial score (nSPS) is 11.7. The van der Waals surface area contributed by atoms with Crippen LogP contribution in [-0.4, -0.2) is 29.0 Å². The summed E-state index contributed by atoms with van der Waals surface area (Å²) >= 11 is 0. The zero-order valence-electron chi connectivity index (χ0n) is 13.0. The van der Waals surface area contributed by atoms with Crippen LogP contribution in [0.4, 0.5) is 4.79 Å². The van der Waals surface area contributed by atoms with Gasteiger partial charge in [0.25, 0.3) is 0 Å². The maximum absolute atomic E-state index is 11.8. The van der Waals surface area contributed by atoms with E-state index in [9.17, 15) is 15.0 Å². The van der Waals surface area contributed by atoms with Crippen molar-refractivity contribution in [3.05, 3.63) is 65.2 Å². The molecule has 0 aliphatic rings. The Hall–Kier alpha value is -2.53. The van der Waals surface area contributed by atoms with Gasteiger partial charge in [-0.05, 0) is 36.6 Å². The predicted molar refractivity (Wildman–Crippen MR) is 87.2 cm³/mol. The Morgan fingerprint density at radius 1 is 1.09 bits per heavy atom. The van der Waals surface area contributed by atoms with Gasteiger partial charge in [-0.3, -0.25) is 0 Å². The quantitative estimate of drug-likeness (QED) is 0.765. The molecule has 0 aromatic heterocycles. The van der Waals surface area contributed by atoms with Crippen LogP contribution in [0, 0.1) is 6.92 Å². The lowest BCUT2D eigenvalue weighted by molar-refractivity contribution is 0.129. The van der Waals surface area contributed by atoms with Crippen molar-refractivity contribution in [2.45, 2.75) is 26.0 Å². The number of hydrogen-bond acceptors (Lipinski definition) is 4. The zero-order chi connectivity index (χ0) is 16.7. The molecule has 23 heavy (non-hydrogen) atoms. The fourth-order valence-corrected chi connectivity index (χ4v) is 2.12. The number of amides is 1. The van der Waals surface area contributed by atoms with Crippen LogP contribution in [0.25, 0.3) is 0 Å². The van der Waals surface area contributed by atoms with Crippen LogP contribution < -0.4 is 5.32 Å². The number of carbonyl (C=O) groups is 1. The summed E-state index contributed by atoms with van der Waals surface area (Å²) in [5, 5.41) is 21.3. The Balaban J connectivity index is 1.82. The lowest BCUT2D eigenvalue weighted by Gasteiger charge is -2.16. The molecule has 2 aromatic carbocycles.